The van der Waals surface area contributed by atoms with Crippen LogP contribution in [0.4, 0.5) is 0 Å². The quantitative estimate of drug-likeness (QED) is 0.649. The lowest BCUT2D eigenvalue weighted by molar-refractivity contribution is -0.121. The third-order valence-corrected chi connectivity index (χ3v) is 2.98. The van der Waals surface area contributed by atoms with Gasteiger partial charge >= 0.3 is 0 Å². The zero-order chi connectivity index (χ0) is 9.68. The van der Waals surface area contributed by atoms with Gasteiger partial charge in [-0.15, -0.1) is 0 Å². The van der Waals surface area contributed by atoms with E-state index in [1.54, 1.807) is 0 Å². The second-order valence-electron chi connectivity index (χ2n) is 4.83. The van der Waals surface area contributed by atoms with Crippen molar-refractivity contribution < 1.29 is 4.79 Å². The van der Waals surface area contributed by atoms with Gasteiger partial charge < -0.3 is 0 Å². The van der Waals surface area contributed by atoms with E-state index in [1.807, 2.05) is 0 Å². The Balaban J connectivity index is 2.10. The molecule has 1 aliphatic rings. The lowest BCUT2D eigenvalue weighted by Crippen LogP contribution is -2.14. The average Bonchev–Trinajstić information content (AvgIpc) is 2.03. The second kappa shape index (κ2) is 5.41. The number of Topliss-reactive ketones (excluding diaryl/α,β-unsaturated/α-hetero) is 1. The molecule has 0 aromatic heterocycles. The van der Waals surface area contributed by atoms with Gasteiger partial charge in [-0.3, -0.25) is 4.79 Å². The number of rotatable bonds is 4. The summed E-state index contributed by atoms with van der Waals surface area (Å²) in [7, 11) is 0. The molecule has 0 bridgehead atoms. The zero-order valence-corrected chi connectivity index (χ0v) is 9.01. The SMILES string of the molecule is CC(C)CCCC1CCCC(=O)C1. The molecular formula is C12H22O. The van der Waals surface area contributed by atoms with Gasteiger partial charge in [0.15, 0.2) is 0 Å². The topological polar surface area (TPSA) is 17.1 Å². The number of carbonyl (C=O) groups is 1. The molecule has 0 N–H and O–H groups in total. The monoisotopic (exact) mass is 182 g/mol. The van der Waals surface area contributed by atoms with Crippen molar-refractivity contribution in [1.29, 1.82) is 0 Å². The summed E-state index contributed by atoms with van der Waals surface area (Å²) in [6.07, 6.45) is 8.08. The van der Waals surface area contributed by atoms with Crippen LogP contribution in [0, 0.1) is 11.8 Å². The summed E-state index contributed by atoms with van der Waals surface area (Å²) in [5, 5.41) is 0. The van der Waals surface area contributed by atoms with Gasteiger partial charge in [0.25, 0.3) is 0 Å². The van der Waals surface area contributed by atoms with E-state index in [-0.39, 0.29) is 0 Å². The van der Waals surface area contributed by atoms with Crippen LogP contribution in [0.3, 0.4) is 0 Å². The lowest BCUT2D eigenvalue weighted by Gasteiger charge is -2.20. The fourth-order valence-corrected chi connectivity index (χ4v) is 2.18. The molecule has 1 unspecified atom stereocenters. The van der Waals surface area contributed by atoms with Crippen molar-refractivity contribution in [3.8, 4) is 0 Å². The molecule has 1 nitrogen and oxygen atoms in total. The van der Waals surface area contributed by atoms with Crippen LogP contribution in [0.5, 0.6) is 0 Å². The third kappa shape index (κ3) is 4.44. The van der Waals surface area contributed by atoms with E-state index in [0.717, 1.165) is 31.1 Å². The van der Waals surface area contributed by atoms with E-state index in [9.17, 15) is 4.79 Å². The van der Waals surface area contributed by atoms with Crippen molar-refractivity contribution in [1.82, 2.24) is 0 Å². The summed E-state index contributed by atoms with van der Waals surface area (Å²) < 4.78 is 0. The Bertz CT molecular complexity index is 161. The van der Waals surface area contributed by atoms with E-state index < -0.39 is 0 Å². The molecule has 1 fully saturated rings. The fraction of sp³-hybridized carbons (Fsp3) is 0.917. The van der Waals surface area contributed by atoms with E-state index >= 15 is 0 Å². The maximum atomic E-state index is 11.2. The summed E-state index contributed by atoms with van der Waals surface area (Å²) in [5.41, 5.74) is 0. The van der Waals surface area contributed by atoms with E-state index in [2.05, 4.69) is 13.8 Å². The zero-order valence-electron chi connectivity index (χ0n) is 9.01. The summed E-state index contributed by atoms with van der Waals surface area (Å²) in [5.74, 6) is 2.04. The van der Waals surface area contributed by atoms with Gasteiger partial charge in [0.1, 0.15) is 5.78 Å². The fourth-order valence-electron chi connectivity index (χ4n) is 2.18. The third-order valence-electron chi connectivity index (χ3n) is 2.98. The van der Waals surface area contributed by atoms with Crippen LogP contribution >= 0.6 is 0 Å². The Hall–Kier alpha value is -0.330. The standard InChI is InChI=1S/C12H22O/c1-10(2)5-3-6-11-7-4-8-12(13)9-11/h10-11H,3-9H2,1-2H3. The molecule has 0 spiro atoms. The number of hydrogen-bond donors (Lipinski definition) is 0. The average molecular weight is 182 g/mol. The Morgan fingerprint density at radius 2 is 2.23 bits per heavy atom. The van der Waals surface area contributed by atoms with E-state index in [4.69, 9.17) is 0 Å². The molecule has 1 heteroatoms. The molecule has 0 aromatic carbocycles. The van der Waals surface area contributed by atoms with Gasteiger partial charge in [-0.2, -0.15) is 0 Å². The Labute approximate surface area is 81.9 Å². The number of hydrogen-bond acceptors (Lipinski definition) is 1. The highest BCUT2D eigenvalue weighted by Crippen LogP contribution is 2.26. The minimum absolute atomic E-state index is 0.501. The van der Waals surface area contributed by atoms with E-state index in [1.165, 1.54) is 25.7 Å². The molecule has 13 heavy (non-hydrogen) atoms. The first-order chi connectivity index (χ1) is 6.18. The van der Waals surface area contributed by atoms with Crippen LogP contribution < -0.4 is 0 Å². The summed E-state index contributed by atoms with van der Waals surface area (Å²) in [6, 6.07) is 0. The van der Waals surface area contributed by atoms with Crippen molar-refractivity contribution in [2.24, 2.45) is 11.8 Å². The van der Waals surface area contributed by atoms with Crippen molar-refractivity contribution in [3.05, 3.63) is 0 Å². The highest BCUT2D eigenvalue weighted by molar-refractivity contribution is 5.79. The first-order valence-electron chi connectivity index (χ1n) is 5.70. The minimum atomic E-state index is 0.501. The molecule has 1 rings (SSSR count). The highest BCUT2D eigenvalue weighted by atomic mass is 16.1. The summed E-state index contributed by atoms with van der Waals surface area (Å²) in [6.45, 7) is 4.54. The second-order valence-corrected chi connectivity index (χ2v) is 4.83. The van der Waals surface area contributed by atoms with Gasteiger partial charge in [-0.25, -0.2) is 0 Å². The van der Waals surface area contributed by atoms with Gasteiger partial charge in [0.2, 0.25) is 0 Å². The van der Waals surface area contributed by atoms with Crippen LogP contribution in [-0.4, -0.2) is 5.78 Å². The molecule has 1 saturated carbocycles. The van der Waals surface area contributed by atoms with Crippen LogP contribution in [0.1, 0.15) is 58.8 Å². The van der Waals surface area contributed by atoms with Gasteiger partial charge in [-0.05, 0) is 24.7 Å². The van der Waals surface area contributed by atoms with Crippen molar-refractivity contribution in [2.75, 3.05) is 0 Å². The van der Waals surface area contributed by atoms with Gasteiger partial charge in [-0.1, -0.05) is 33.1 Å². The normalized spacial score (nSPS) is 23.9. The van der Waals surface area contributed by atoms with Crippen LogP contribution in [-0.2, 0) is 4.79 Å². The molecule has 0 radical (unpaired) electrons. The Kier molecular flexibility index (Phi) is 4.47. The van der Waals surface area contributed by atoms with E-state index in [0.29, 0.717) is 5.78 Å². The van der Waals surface area contributed by atoms with Gasteiger partial charge in [0.05, 0.1) is 0 Å². The molecule has 0 aromatic rings. The van der Waals surface area contributed by atoms with Crippen LogP contribution in [0.15, 0.2) is 0 Å². The lowest BCUT2D eigenvalue weighted by atomic mass is 9.84. The number of carbonyl (C=O) groups excluding carboxylic acids is 1. The maximum Gasteiger partial charge on any atom is 0.133 e. The first-order valence-corrected chi connectivity index (χ1v) is 5.70. The van der Waals surface area contributed by atoms with Crippen molar-refractivity contribution >= 4 is 5.78 Å². The van der Waals surface area contributed by atoms with Crippen LogP contribution in [0.2, 0.25) is 0 Å². The predicted octanol–water partition coefficient (Wildman–Crippen LogP) is 3.57. The first kappa shape index (κ1) is 10.7. The molecule has 0 amide bonds. The van der Waals surface area contributed by atoms with Crippen molar-refractivity contribution in [3.63, 3.8) is 0 Å². The number of ketones is 1. The van der Waals surface area contributed by atoms with Gasteiger partial charge in [0, 0.05) is 12.8 Å². The molecular weight excluding hydrogens is 160 g/mol. The Morgan fingerprint density at radius 3 is 2.85 bits per heavy atom. The maximum absolute atomic E-state index is 11.2. The summed E-state index contributed by atoms with van der Waals surface area (Å²) in [4.78, 5) is 11.2. The van der Waals surface area contributed by atoms with Crippen LogP contribution in [0.25, 0.3) is 0 Å². The molecule has 0 heterocycles. The molecule has 76 valence electrons. The smallest absolute Gasteiger partial charge is 0.133 e. The predicted molar refractivity (Wildman–Crippen MR) is 55.7 cm³/mol. The molecule has 1 atom stereocenters. The minimum Gasteiger partial charge on any atom is -0.300 e. The largest absolute Gasteiger partial charge is 0.300 e. The summed E-state index contributed by atoms with van der Waals surface area (Å²) >= 11 is 0. The van der Waals surface area contributed by atoms with Crippen molar-refractivity contribution in [2.45, 2.75) is 58.8 Å². The molecule has 0 saturated heterocycles. The molecule has 0 aliphatic heterocycles. The molecule has 1 aliphatic carbocycles. The highest BCUT2D eigenvalue weighted by Gasteiger charge is 2.18. The Morgan fingerprint density at radius 1 is 1.46 bits per heavy atom.